The lowest BCUT2D eigenvalue weighted by Gasteiger charge is -2.22. The zero-order valence-corrected chi connectivity index (χ0v) is 12.8. The Balaban J connectivity index is 1.55. The van der Waals surface area contributed by atoms with Crippen molar-refractivity contribution < 1.29 is 4.79 Å². The predicted octanol–water partition coefficient (Wildman–Crippen LogP) is 2.79. The fraction of sp³-hybridized carbons (Fsp3) is 0.353. The number of hydrogen-bond donors (Lipinski definition) is 2. The van der Waals surface area contributed by atoms with Gasteiger partial charge in [0.15, 0.2) is 5.65 Å². The van der Waals surface area contributed by atoms with Gasteiger partial charge >= 0.3 is 0 Å². The van der Waals surface area contributed by atoms with Gasteiger partial charge in [0.05, 0.1) is 29.3 Å². The Morgan fingerprint density at radius 2 is 2.13 bits per heavy atom. The lowest BCUT2D eigenvalue weighted by atomic mass is 9.95. The zero-order valence-electron chi connectivity index (χ0n) is 12.8. The molecule has 0 saturated heterocycles. The van der Waals surface area contributed by atoms with Crippen LogP contribution in [0.2, 0.25) is 0 Å². The fourth-order valence-corrected chi connectivity index (χ4v) is 3.23. The molecule has 0 radical (unpaired) electrons. The van der Waals surface area contributed by atoms with Crippen LogP contribution in [0.5, 0.6) is 0 Å². The van der Waals surface area contributed by atoms with Crippen molar-refractivity contribution in [2.24, 2.45) is 0 Å². The van der Waals surface area contributed by atoms with Crippen LogP contribution in [-0.4, -0.2) is 31.3 Å². The Morgan fingerprint density at radius 1 is 1.26 bits per heavy atom. The minimum absolute atomic E-state index is 0.00473. The van der Waals surface area contributed by atoms with Gasteiger partial charge in [0, 0.05) is 24.6 Å². The molecule has 2 N–H and O–H groups in total. The highest BCUT2D eigenvalue weighted by atomic mass is 16.1. The summed E-state index contributed by atoms with van der Waals surface area (Å²) in [4.78, 5) is 24.0. The van der Waals surface area contributed by atoms with Gasteiger partial charge in [-0.3, -0.25) is 14.2 Å². The molecule has 3 heterocycles. The van der Waals surface area contributed by atoms with E-state index in [-0.39, 0.29) is 5.91 Å². The van der Waals surface area contributed by atoms with E-state index in [2.05, 4.69) is 20.3 Å². The van der Waals surface area contributed by atoms with Gasteiger partial charge in [0.1, 0.15) is 0 Å². The van der Waals surface area contributed by atoms with Gasteiger partial charge in [0.25, 0.3) is 5.91 Å². The Hall–Kier alpha value is -2.63. The van der Waals surface area contributed by atoms with E-state index in [0.717, 1.165) is 29.9 Å². The van der Waals surface area contributed by atoms with Gasteiger partial charge < -0.3 is 10.3 Å². The largest absolute Gasteiger partial charge is 0.359 e. The van der Waals surface area contributed by atoms with E-state index in [1.807, 2.05) is 16.7 Å². The molecule has 3 aromatic heterocycles. The first-order chi connectivity index (χ1) is 11.3. The summed E-state index contributed by atoms with van der Waals surface area (Å²) in [6, 6.07) is 2.19. The van der Waals surface area contributed by atoms with Crippen molar-refractivity contribution in [1.29, 1.82) is 0 Å². The molecular weight excluding hydrogens is 290 g/mol. The van der Waals surface area contributed by atoms with E-state index in [1.165, 1.54) is 19.3 Å². The maximum atomic E-state index is 12.4. The lowest BCUT2D eigenvalue weighted by Crippen LogP contribution is -2.35. The number of rotatable bonds is 3. The van der Waals surface area contributed by atoms with E-state index >= 15 is 0 Å². The second-order valence-electron chi connectivity index (χ2n) is 6.06. The van der Waals surface area contributed by atoms with Crippen molar-refractivity contribution in [3.05, 3.63) is 42.6 Å². The topological polar surface area (TPSA) is 75.1 Å². The number of imidazole rings is 1. The van der Waals surface area contributed by atoms with Crippen molar-refractivity contribution >= 4 is 11.6 Å². The maximum Gasteiger partial charge on any atom is 0.253 e. The second kappa shape index (κ2) is 5.87. The van der Waals surface area contributed by atoms with Crippen LogP contribution in [0.3, 0.4) is 0 Å². The number of carbonyl (C=O) groups is 1. The molecule has 0 aromatic carbocycles. The average molecular weight is 309 g/mol. The number of amides is 1. The van der Waals surface area contributed by atoms with Crippen molar-refractivity contribution in [2.75, 3.05) is 0 Å². The standard InChI is InChI=1S/C17H19N5O/c23-17(21-13-4-2-1-3-5-13)12-8-14(19-9-12)15-10-20-16-11-18-6-7-22(15)16/h6-11,13,19H,1-5H2,(H,21,23). The smallest absolute Gasteiger partial charge is 0.253 e. The molecule has 0 aliphatic heterocycles. The third kappa shape index (κ3) is 2.72. The third-order valence-electron chi connectivity index (χ3n) is 4.48. The van der Waals surface area contributed by atoms with Crippen molar-refractivity contribution in [3.63, 3.8) is 0 Å². The summed E-state index contributed by atoms with van der Waals surface area (Å²) in [5, 5.41) is 3.14. The van der Waals surface area contributed by atoms with Gasteiger partial charge in [-0.05, 0) is 18.9 Å². The van der Waals surface area contributed by atoms with Crippen LogP contribution in [-0.2, 0) is 0 Å². The number of fused-ring (bicyclic) bond motifs is 1. The minimum Gasteiger partial charge on any atom is -0.359 e. The third-order valence-corrected chi connectivity index (χ3v) is 4.48. The molecule has 0 spiro atoms. The number of carbonyl (C=O) groups excluding carboxylic acids is 1. The molecule has 1 aliphatic rings. The molecule has 1 aliphatic carbocycles. The predicted molar refractivity (Wildman–Crippen MR) is 87.1 cm³/mol. The van der Waals surface area contributed by atoms with Crippen molar-refractivity contribution in [3.8, 4) is 11.4 Å². The van der Waals surface area contributed by atoms with Gasteiger partial charge in [0.2, 0.25) is 0 Å². The van der Waals surface area contributed by atoms with Gasteiger partial charge in [-0.1, -0.05) is 19.3 Å². The van der Waals surface area contributed by atoms with Gasteiger partial charge in [-0.25, -0.2) is 4.98 Å². The van der Waals surface area contributed by atoms with Gasteiger partial charge in [-0.15, -0.1) is 0 Å². The summed E-state index contributed by atoms with van der Waals surface area (Å²) in [6.07, 6.45) is 14.7. The normalized spacial score (nSPS) is 15.8. The summed E-state index contributed by atoms with van der Waals surface area (Å²) in [5.74, 6) is -0.00473. The molecule has 4 rings (SSSR count). The molecule has 0 bridgehead atoms. The number of nitrogens with one attached hydrogen (secondary N) is 2. The summed E-state index contributed by atoms with van der Waals surface area (Å²) in [6.45, 7) is 0. The van der Waals surface area contributed by atoms with E-state index in [0.29, 0.717) is 11.6 Å². The number of aromatic nitrogens is 4. The van der Waals surface area contributed by atoms with Crippen LogP contribution in [0.1, 0.15) is 42.5 Å². The molecule has 23 heavy (non-hydrogen) atoms. The van der Waals surface area contributed by atoms with Crippen LogP contribution in [0.4, 0.5) is 0 Å². The van der Waals surface area contributed by atoms with Crippen LogP contribution in [0.15, 0.2) is 37.1 Å². The number of aromatic amines is 1. The molecule has 0 atom stereocenters. The summed E-state index contributed by atoms with van der Waals surface area (Å²) >= 11 is 0. The Bertz CT molecular complexity index is 828. The van der Waals surface area contributed by atoms with Gasteiger partial charge in [-0.2, -0.15) is 0 Å². The Morgan fingerprint density at radius 3 is 3.00 bits per heavy atom. The summed E-state index contributed by atoms with van der Waals surface area (Å²) in [5.41, 5.74) is 3.23. The zero-order chi connectivity index (χ0) is 15.6. The van der Waals surface area contributed by atoms with E-state index < -0.39 is 0 Å². The molecule has 118 valence electrons. The highest BCUT2D eigenvalue weighted by molar-refractivity contribution is 5.95. The van der Waals surface area contributed by atoms with Crippen molar-refractivity contribution in [1.82, 2.24) is 24.7 Å². The highest BCUT2D eigenvalue weighted by Gasteiger charge is 2.18. The monoisotopic (exact) mass is 309 g/mol. The quantitative estimate of drug-likeness (QED) is 0.781. The highest BCUT2D eigenvalue weighted by Crippen LogP contribution is 2.21. The Kier molecular flexibility index (Phi) is 3.57. The first kappa shape index (κ1) is 14.0. The number of H-pyrrole nitrogens is 1. The molecule has 6 heteroatoms. The van der Waals surface area contributed by atoms with Crippen molar-refractivity contribution in [2.45, 2.75) is 38.1 Å². The van der Waals surface area contributed by atoms with Crippen LogP contribution < -0.4 is 5.32 Å². The molecule has 1 fully saturated rings. The molecular formula is C17H19N5O. The number of nitrogens with zero attached hydrogens (tertiary/aromatic N) is 3. The molecule has 3 aromatic rings. The summed E-state index contributed by atoms with van der Waals surface area (Å²) in [7, 11) is 0. The second-order valence-corrected chi connectivity index (χ2v) is 6.06. The molecule has 6 nitrogen and oxygen atoms in total. The molecule has 1 amide bonds. The first-order valence-electron chi connectivity index (χ1n) is 8.08. The molecule has 1 saturated carbocycles. The van der Waals surface area contributed by atoms with E-state index in [1.54, 1.807) is 24.8 Å². The lowest BCUT2D eigenvalue weighted by molar-refractivity contribution is 0.0928. The SMILES string of the molecule is O=C(NC1CCCCC1)c1c[nH]c(-c2cnc3cnccn23)c1. The van der Waals surface area contributed by atoms with E-state index in [9.17, 15) is 4.79 Å². The van der Waals surface area contributed by atoms with E-state index in [4.69, 9.17) is 0 Å². The van der Waals surface area contributed by atoms with Crippen LogP contribution in [0, 0.1) is 0 Å². The minimum atomic E-state index is -0.00473. The fourth-order valence-electron chi connectivity index (χ4n) is 3.23. The molecule has 0 unspecified atom stereocenters. The maximum absolute atomic E-state index is 12.4. The van der Waals surface area contributed by atoms with Crippen LogP contribution >= 0.6 is 0 Å². The first-order valence-corrected chi connectivity index (χ1v) is 8.08. The Labute approximate surface area is 134 Å². The average Bonchev–Trinajstić information content (AvgIpc) is 3.22. The van der Waals surface area contributed by atoms with Crippen LogP contribution in [0.25, 0.3) is 17.0 Å². The number of hydrogen-bond acceptors (Lipinski definition) is 3. The summed E-state index contributed by atoms with van der Waals surface area (Å²) < 4.78 is 1.95.